The Morgan fingerprint density at radius 1 is 1.60 bits per heavy atom. The first-order chi connectivity index (χ1) is 7.29. The van der Waals surface area contributed by atoms with Gasteiger partial charge in [-0.1, -0.05) is 0 Å². The average Bonchev–Trinajstić information content (AvgIpc) is 2.77. The number of hydrogen-bond acceptors (Lipinski definition) is 4. The summed E-state index contributed by atoms with van der Waals surface area (Å²) in [4.78, 5) is 17.2. The molecule has 1 aromatic heterocycles. The molecule has 0 saturated heterocycles. The van der Waals surface area contributed by atoms with E-state index in [9.17, 15) is 4.79 Å². The van der Waals surface area contributed by atoms with Gasteiger partial charge in [-0.2, -0.15) is 5.10 Å². The Morgan fingerprint density at radius 3 is 2.93 bits per heavy atom. The fourth-order valence-electron chi connectivity index (χ4n) is 1.18. The first-order valence-corrected chi connectivity index (χ1v) is 5.02. The second-order valence-electron chi connectivity index (χ2n) is 2.92. The van der Waals surface area contributed by atoms with Gasteiger partial charge in [-0.25, -0.2) is 4.98 Å². The van der Waals surface area contributed by atoms with Crippen LogP contribution in [0.3, 0.4) is 0 Å². The second kappa shape index (κ2) is 6.13. The van der Waals surface area contributed by atoms with Crippen molar-refractivity contribution in [3.8, 4) is 0 Å². The zero-order valence-corrected chi connectivity index (χ0v) is 9.06. The third kappa shape index (κ3) is 3.32. The molecule has 1 rings (SSSR count). The van der Waals surface area contributed by atoms with Gasteiger partial charge in [0.1, 0.15) is 6.33 Å². The molecule has 0 aromatic carbocycles. The van der Waals surface area contributed by atoms with Crippen molar-refractivity contribution in [3.05, 3.63) is 12.2 Å². The lowest BCUT2D eigenvalue weighted by atomic mass is 10.4. The normalized spacial score (nSPS) is 10.3. The highest BCUT2D eigenvalue weighted by Gasteiger charge is 2.15. The molecule has 1 heterocycles. The molecule has 0 aliphatic heterocycles. The molecule has 0 saturated carbocycles. The van der Waals surface area contributed by atoms with E-state index < -0.39 is 0 Å². The summed E-state index contributed by atoms with van der Waals surface area (Å²) in [5, 5.41) is 6.19. The molecular weight excluding hydrogens is 196 g/mol. The van der Waals surface area contributed by atoms with Gasteiger partial charge in [0.05, 0.1) is 6.61 Å². The van der Waals surface area contributed by atoms with E-state index in [1.807, 2.05) is 13.8 Å². The van der Waals surface area contributed by atoms with Gasteiger partial charge in [-0.3, -0.25) is 9.89 Å². The molecule has 0 unspecified atom stereocenters. The number of likely N-dealkylation sites (N-methyl/N-ethyl adjacent to an activating group) is 1. The maximum Gasteiger partial charge on any atom is 0.291 e. The third-order valence-electron chi connectivity index (χ3n) is 2.00. The number of hydrogen-bond donors (Lipinski definition) is 1. The molecule has 0 spiro atoms. The molecule has 0 aliphatic rings. The van der Waals surface area contributed by atoms with Crippen LogP contribution in [0.4, 0.5) is 0 Å². The van der Waals surface area contributed by atoms with Gasteiger partial charge >= 0.3 is 0 Å². The van der Waals surface area contributed by atoms with Crippen molar-refractivity contribution in [3.63, 3.8) is 0 Å². The second-order valence-corrected chi connectivity index (χ2v) is 2.92. The van der Waals surface area contributed by atoms with E-state index in [1.54, 1.807) is 4.90 Å². The van der Waals surface area contributed by atoms with Crippen LogP contribution in [-0.4, -0.2) is 52.3 Å². The monoisotopic (exact) mass is 212 g/mol. The Kier molecular flexibility index (Phi) is 4.76. The van der Waals surface area contributed by atoms with Gasteiger partial charge in [-0.15, -0.1) is 0 Å². The van der Waals surface area contributed by atoms with Crippen LogP contribution in [0.2, 0.25) is 0 Å². The summed E-state index contributed by atoms with van der Waals surface area (Å²) < 4.78 is 5.19. The summed E-state index contributed by atoms with van der Waals surface area (Å²) in [7, 11) is 0. The van der Waals surface area contributed by atoms with Crippen molar-refractivity contribution in [2.75, 3.05) is 26.3 Å². The van der Waals surface area contributed by atoms with Crippen LogP contribution in [0.1, 0.15) is 24.5 Å². The van der Waals surface area contributed by atoms with Crippen molar-refractivity contribution in [2.45, 2.75) is 13.8 Å². The Labute approximate surface area is 88.6 Å². The van der Waals surface area contributed by atoms with Crippen LogP contribution in [0.15, 0.2) is 6.33 Å². The average molecular weight is 212 g/mol. The van der Waals surface area contributed by atoms with Crippen molar-refractivity contribution >= 4 is 5.91 Å². The van der Waals surface area contributed by atoms with E-state index in [0.29, 0.717) is 26.3 Å². The number of carbonyl (C=O) groups is 1. The van der Waals surface area contributed by atoms with Crippen molar-refractivity contribution in [1.82, 2.24) is 20.1 Å². The van der Waals surface area contributed by atoms with Crippen LogP contribution in [0, 0.1) is 0 Å². The maximum absolute atomic E-state index is 11.8. The molecule has 0 bridgehead atoms. The molecule has 0 radical (unpaired) electrons. The maximum atomic E-state index is 11.8. The summed E-state index contributed by atoms with van der Waals surface area (Å²) in [6.45, 7) is 6.25. The van der Waals surface area contributed by atoms with Gasteiger partial charge in [-0.05, 0) is 13.8 Å². The fourth-order valence-corrected chi connectivity index (χ4v) is 1.18. The Morgan fingerprint density at radius 2 is 2.40 bits per heavy atom. The van der Waals surface area contributed by atoms with Crippen LogP contribution < -0.4 is 0 Å². The van der Waals surface area contributed by atoms with Crippen molar-refractivity contribution < 1.29 is 9.53 Å². The predicted octanol–water partition coefficient (Wildman–Crippen LogP) is 0.303. The molecule has 0 atom stereocenters. The van der Waals surface area contributed by atoms with E-state index in [1.165, 1.54) is 6.33 Å². The minimum absolute atomic E-state index is 0.144. The first-order valence-electron chi connectivity index (χ1n) is 5.02. The molecule has 6 heteroatoms. The lowest BCUT2D eigenvalue weighted by Gasteiger charge is -2.18. The van der Waals surface area contributed by atoms with E-state index in [2.05, 4.69) is 15.2 Å². The molecule has 1 amide bonds. The highest BCUT2D eigenvalue weighted by Crippen LogP contribution is 1.97. The molecule has 1 N–H and O–H groups in total. The topological polar surface area (TPSA) is 71.1 Å². The number of nitrogens with one attached hydrogen (secondary N) is 1. The third-order valence-corrected chi connectivity index (χ3v) is 2.00. The summed E-state index contributed by atoms with van der Waals surface area (Å²) in [6, 6.07) is 0. The molecule has 15 heavy (non-hydrogen) atoms. The number of ether oxygens (including phenoxy) is 1. The van der Waals surface area contributed by atoms with Gasteiger partial charge in [0, 0.05) is 19.7 Å². The molecule has 0 fully saturated rings. The molecule has 0 aliphatic carbocycles. The van der Waals surface area contributed by atoms with Gasteiger partial charge in [0.25, 0.3) is 5.91 Å². The minimum Gasteiger partial charge on any atom is -0.380 e. The quantitative estimate of drug-likeness (QED) is 0.688. The zero-order valence-electron chi connectivity index (χ0n) is 9.06. The summed E-state index contributed by atoms with van der Waals surface area (Å²) in [5.41, 5.74) is 0. The summed E-state index contributed by atoms with van der Waals surface area (Å²) in [5.74, 6) is 0.128. The lowest BCUT2D eigenvalue weighted by molar-refractivity contribution is 0.0658. The number of nitrogens with zero attached hydrogens (tertiary/aromatic N) is 3. The summed E-state index contributed by atoms with van der Waals surface area (Å²) >= 11 is 0. The van der Waals surface area contributed by atoms with Crippen LogP contribution in [0.25, 0.3) is 0 Å². The SMILES string of the molecule is CCOCCN(CC)C(=O)c1ncn[nH]1. The molecule has 6 nitrogen and oxygen atoms in total. The number of amides is 1. The lowest BCUT2D eigenvalue weighted by Crippen LogP contribution is -2.34. The molecular formula is C9H16N4O2. The van der Waals surface area contributed by atoms with Crippen molar-refractivity contribution in [1.29, 1.82) is 0 Å². The standard InChI is InChI=1S/C9H16N4O2/c1-3-13(5-6-15-4-2)9(14)8-10-7-11-12-8/h7H,3-6H2,1-2H3,(H,10,11,12). The van der Waals surface area contributed by atoms with E-state index in [-0.39, 0.29) is 11.7 Å². The number of aromatic nitrogens is 3. The largest absolute Gasteiger partial charge is 0.380 e. The minimum atomic E-state index is -0.144. The van der Waals surface area contributed by atoms with Crippen LogP contribution in [0.5, 0.6) is 0 Å². The Bertz CT molecular complexity index is 286. The van der Waals surface area contributed by atoms with Gasteiger partial charge < -0.3 is 9.64 Å². The highest BCUT2D eigenvalue weighted by molar-refractivity contribution is 5.90. The van der Waals surface area contributed by atoms with Crippen LogP contribution >= 0.6 is 0 Å². The number of aromatic amines is 1. The van der Waals surface area contributed by atoms with E-state index in [4.69, 9.17) is 4.74 Å². The highest BCUT2D eigenvalue weighted by atomic mass is 16.5. The van der Waals surface area contributed by atoms with E-state index >= 15 is 0 Å². The van der Waals surface area contributed by atoms with E-state index in [0.717, 1.165) is 0 Å². The fraction of sp³-hybridized carbons (Fsp3) is 0.667. The van der Waals surface area contributed by atoms with Crippen LogP contribution in [-0.2, 0) is 4.74 Å². The predicted molar refractivity (Wildman–Crippen MR) is 54.5 cm³/mol. The first kappa shape index (κ1) is 11.6. The molecule has 1 aromatic rings. The number of H-pyrrole nitrogens is 1. The Hall–Kier alpha value is -1.43. The molecule has 84 valence electrons. The van der Waals surface area contributed by atoms with Gasteiger partial charge in [0.15, 0.2) is 0 Å². The smallest absolute Gasteiger partial charge is 0.291 e. The van der Waals surface area contributed by atoms with Gasteiger partial charge in [0.2, 0.25) is 5.82 Å². The Balaban J connectivity index is 2.47. The number of rotatable bonds is 6. The summed E-state index contributed by atoms with van der Waals surface area (Å²) in [6.07, 6.45) is 1.32. The number of carbonyl (C=O) groups excluding carboxylic acids is 1. The van der Waals surface area contributed by atoms with Crippen molar-refractivity contribution in [2.24, 2.45) is 0 Å². The zero-order chi connectivity index (χ0) is 11.1.